The van der Waals surface area contributed by atoms with Crippen molar-refractivity contribution in [3.05, 3.63) is 29.8 Å². The number of rotatable bonds is 5. The van der Waals surface area contributed by atoms with E-state index in [0.29, 0.717) is 13.0 Å². The summed E-state index contributed by atoms with van der Waals surface area (Å²) in [7, 11) is 0. The standard InChI is InChI=1S/C15H25NO2/c1-14(2,3)12-7-5-6-8-13(12)18-10-9-15(4,16)11-17/h5-8,17H,9-11,16H2,1-4H3. The van der Waals surface area contributed by atoms with Gasteiger partial charge in [-0.15, -0.1) is 0 Å². The summed E-state index contributed by atoms with van der Waals surface area (Å²) in [5.41, 5.74) is 6.54. The molecule has 0 saturated heterocycles. The third-order valence-electron chi connectivity index (χ3n) is 2.99. The van der Waals surface area contributed by atoms with Crippen LogP contribution in [0.2, 0.25) is 0 Å². The second-order valence-corrected chi connectivity index (χ2v) is 6.16. The second-order valence-electron chi connectivity index (χ2n) is 6.16. The Morgan fingerprint density at radius 2 is 1.78 bits per heavy atom. The van der Waals surface area contributed by atoms with Crippen LogP contribution in [0.1, 0.15) is 39.7 Å². The molecular weight excluding hydrogens is 226 g/mol. The van der Waals surface area contributed by atoms with Crippen LogP contribution in [0.4, 0.5) is 0 Å². The zero-order valence-corrected chi connectivity index (χ0v) is 11.9. The lowest BCUT2D eigenvalue weighted by molar-refractivity contribution is 0.174. The molecule has 1 aromatic carbocycles. The number of ether oxygens (including phenoxy) is 1. The number of hydrogen-bond donors (Lipinski definition) is 2. The molecular formula is C15H25NO2. The molecule has 0 aromatic heterocycles. The molecule has 0 aliphatic carbocycles. The topological polar surface area (TPSA) is 55.5 Å². The van der Waals surface area contributed by atoms with Gasteiger partial charge in [-0.3, -0.25) is 0 Å². The Hall–Kier alpha value is -1.06. The number of hydrogen-bond acceptors (Lipinski definition) is 3. The Morgan fingerprint density at radius 1 is 1.17 bits per heavy atom. The minimum Gasteiger partial charge on any atom is -0.493 e. The molecule has 0 aliphatic heterocycles. The lowest BCUT2D eigenvalue weighted by atomic mass is 9.86. The Kier molecular flexibility index (Phi) is 4.77. The van der Waals surface area contributed by atoms with Gasteiger partial charge in [0.2, 0.25) is 0 Å². The average molecular weight is 251 g/mol. The lowest BCUT2D eigenvalue weighted by Gasteiger charge is -2.25. The summed E-state index contributed by atoms with van der Waals surface area (Å²) in [6.45, 7) is 8.80. The first-order chi connectivity index (χ1) is 8.26. The van der Waals surface area contributed by atoms with Crippen molar-refractivity contribution >= 4 is 0 Å². The summed E-state index contributed by atoms with van der Waals surface area (Å²) in [5.74, 6) is 0.902. The van der Waals surface area contributed by atoms with Crippen LogP contribution in [0.25, 0.3) is 0 Å². The molecule has 0 radical (unpaired) electrons. The summed E-state index contributed by atoms with van der Waals surface area (Å²) in [6.07, 6.45) is 0.627. The van der Waals surface area contributed by atoms with Crippen LogP contribution in [0, 0.1) is 0 Å². The summed E-state index contributed by atoms with van der Waals surface area (Å²) in [5, 5.41) is 9.09. The number of aliphatic hydroxyl groups excluding tert-OH is 1. The van der Waals surface area contributed by atoms with Gasteiger partial charge in [-0.25, -0.2) is 0 Å². The van der Waals surface area contributed by atoms with Crippen LogP contribution in [0.3, 0.4) is 0 Å². The fourth-order valence-electron chi connectivity index (χ4n) is 1.69. The summed E-state index contributed by atoms with van der Waals surface area (Å²) in [6, 6.07) is 8.06. The summed E-state index contributed by atoms with van der Waals surface area (Å²) < 4.78 is 5.81. The molecule has 3 N–H and O–H groups in total. The van der Waals surface area contributed by atoms with E-state index in [0.717, 1.165) is 5.75 Å². The maximum absolute atomic E-state index is 9.09. The Labute approximate surface area is 110 Å². The minimum atomic E-state index is -0.573. The largest absolute Gasteiger partial charge is 0.493 e. The normalized spacial score (nSPS) is 15.2. The van der Waals surface area contributed by atoms with Crippen molar-refractivity contribution in [1.82, 2.24) is 0 Å². The van der Waals surface area contributed by atoms with E-state index in [-0.39, 0.29) is 12.0 Å². The fraction of sp³-hybridized carbons (Fsp3) is 0.600. The molecule has 1 aromatic rings. The van der Waals surface area contributed by atoms with E-state index in [1.54, 1.807) is 0 Å². The van der Waals surface area contributed by atoms with E-state index in [1.165, 1.54) is 5.56 Å². The molecule has 1 rings (SSSR count). The van der Waals surface area contributed by atoms with Crippen molar-refractivity contribution in [1.29, 1.82) is 0 Å². The highest BCUT2D eigenvalue weighted by molar-refractivity contribution is 5.38. The molecule has 102 valence electrons. The van der Waals surface area contributed by atoms with Crippen molar-refractivity contribution < 1.29 is 9.84 Å². The van der Waals surface area contributed by atoms with Crippen LogP contribution in [-0.2, 0) is 5.41 Å². The van der Waals surface area contributed by atoms with Gasteiger partial charge >= 0.3 is 0 Å². The molecule has 3 nitrogen and oxygen atoms in total. The highest BCUT2D eigenvalue weighted by atomic mass is 16.5. The molecule has 0 aliphatic rings. The lowest BCUT2D eigenvalue weighted by Crippen LogP contribution is -2.41. The highest BCUT2D eigenvalue weighted by Crippen LogP contribution is 2.31. The molecule has 0 fully saturated rings. The molecule has 0 amide bonds. The van der Waals surface area contributed by atoms with Gasteiger partial charge in [0.05, 0.1) is 13.2 Å². The molecule has 1 atom stereocenters. The van der Waals surface area contributed by atoms with Crippen LogP contribution in [0.5, 0.6) is 5.75 Å². The predicted molar refractivity (Wildman–Crippen MR) is 74.9 cm³/mol. The van der Waals surface area contributed by atoms with Gasteiger partial charge in [0.15, 0.2) is 0 Å². The first kappa shape index (κ1) is 15.0. The molecule has 3 heteroatoms. The highest BCUT2D eigenvalue weighted by Gasteiger charge is 2.20. The number of benzene rings is 1. The van der Waals surface area contributed by atoms with E-state index in [4.69, 9.17) is 15.6 Å². The van der Waals surface area contributed by atoms with E-state index >= 15 is 0 Å². The quantitative estimate of drug-likeness (QED) is 0.845. The maximum Gasteiger partial charge on any atom is 0.123 e. The Bertz CT molecular complexity index is 380. The van der Waals surface area contributed by atoms with Crippen LogP contribution >= 0.6 is 0 Å². The van der Waals surface area contributed by atoms with Gasteiger partial charge in [-0.05, 0) is 24.0 Å². The van der Waals surface area contributed by atoms with Gasteiger partial charge in [-0.1, -0.05) is 39.0 Å². The van der Waals surface area contributed by atoms with Gasteiger partial charge in [0.1, 0.15) is 5.75 Å². The zero-order valence-electron chi connectivity index (χ0n) is 11.9. The van der Waals surface area contributed by atoms with Crippen molar-refractivity contribution in [2.75, 3.05) is 13.2 Å². The Balaban J connectivity index is 2.69. The van der Waals surface area contributed by atoms with Crippen molar-refractivity contribution in [2.24, 2.45) is 5.73 Å². The van der Waals surface area contributed by atoms with Crippen LogP contribution in [0.15, 0.2) is 24.3 Å². The SMILES string of the molecule is CC(N)(CO)CCOc1ccccc1C(C)(C)C. The first-order valence-corrected chi connectivity index (χ1v) is 6.38. The third kappa shape index (κ3) is 4.31. The monoisotopic (exact) mass is 251 g/mol. The maximum atomic E-state index is 9.09. The van der Waals surface area contributed by atoms with Gasteiger partial charge in [0.25, 0.3) is 0 Å². The Morgan fingerprint density at radius 3 is 2.33 bits per heavy atom. The minimum absolute atomic E-state index is 0.0305. The van der Waals surface area contributed by atoms with E-state index in [2.05, 4.69) is 26.8 Å². The van der Waals surface area contributed by atoms with Crippen molar-refractivity contribution in [3.8, 4) is 5.75 Å². The van der Waals surface area contributed by atoms with Crippen molar-refractivity contribution in [2.45, 2.75) is 45.1 Å². The molecule has 0 spiro atoms. The first-order valence-electron chi connectivity index (χ1n) is 6.38. The number of nitrogens with two attached hydrogens (primary N) is 1. The fourth-order valence-corrected chi connectivity index (χ4v) is 1.69. The van der Waals surface area contributed by atoms with Crippen LogP contribution < -0.4 is 10.5 Å². The molecule has 0 bridgehead atoms. The summed E-state index contributed by atoms with van der Waals surface area (Å²) >= 11 is 0. The smallest absolute Gasteiger partial charge is 0.123 e. The number of aliphatic hydroxyl groups is 1. The van der Waals surface area contributed by atoms with E-state index in [9.17, 15) is 0 Å². The van der Waals surface area contributed by atoms with E-state index < -0.39 is 5.54 Å². The van der Waals surface area contributed by atoms with Crippen molar-refractivity contribution in [3.63, 3.8) is 0 Å². The van der Waals surface area contributed by atoms with Gasteiger partial charge in [0, 0.05) is 12.0 Å². The van der Waals surface area contributed by atoms with Gasteiger partial charge < -0.3 is 15.6 Å². The predicted octanol–water partition coefficient (Wildman–Crippen LogP) is 2.46. The molecule has 0 saturated carbocycles. The molecule has 0 heterocycles. The second kappa shape index (κ2) is 5.72. The van der Waals surface area contributed by atoms with E-state index in [1.807, 2.05) is 25.1 Å². The third-order valence-corrected chi connectivity index (χ3v) is 2.99. The summed E-state index contributed by atoms with van der Waals surface area (Å²) in [4.78, 5) is 0. The van der Waals surface area contributed by atoms with Crippen LogP contribution in [-0.4, -0.2) is 23.9 Å². The number of para-hydroxylation sites is 1. The van der Waals surface area contributed by atoms with Gasteiger partial charge in [-0.2, -0.15) is 0 Å². The molecule has 18 heavy (non-hydrogen) atoms. The zero-order chi connectivity index (χ0) is 13.8. The molecule has 1 unspecified atom stereocenters. The average Bonchev–Trinajstić information content (AvgIpc) is 2.28.